The van der Waals surface area contributed by atoms with Gasteiger partial charge in [-0.3, -0.25) is 14.5 Å². The van der Waals surface area contributed by atoms with Crippen molar-refractivity contribution in [2.75, 3.05) is 13.1 Å². The average Bonchev–Trinajstić information content (AvgIpc) is 3.59. The molecule has 1 aliphatic heterocycles. The molecule has 3 aromatic heterocycles. The molecule has 11 heteroatoms. The first-order chi connectivity index (χ1) is 18.8. The third-order valence-electron chi connectivity index (χ3n) is 7.99. The van der Waals surface area contributed by atoms with Crippen LogP contribution in [0, 0.1) is 17.2 Å². The van der Waals surface area contributed by atoms with Gasteiger partial charge in [-0.05, 0) is 73.6 Å². The summed E-state index contributed by atoms with van der Waals surface area (Å²) in [5.41, 5.74) is 1.92. The van der Waals surface area contributed by atoms with Gasteiger partial charge in [-0.25, -0.2) is 17.5 Å². The first-order valence-electron chi connectivity index (χ1n) is 13.1. The van der Waals surface area contributed by atoms with Crippen LogP contribution < -0.4 is 0 Å². The highest BCUT2D eigenvalue weighted by atomic mass is 32.2. The smallest absolute Gasteiger partial charge is 0.246 e. The Labute approximate surface area is 226 Å². The van der Waals surface area contributed by atoms with Crippen molar-refractivity contribution in [3.63, 3.8) is 0 Å². The number of aromatic nitrogens is 5. The molecule has 0 saturated carbocycles. The van der Waals surface area contributed by atoms with Crippen LogP contribution in [-0.4, -0.2) is 56.1 Å². The number of hydrogen-bond donors (Lipinski definition) is 0. The molecule has 0 bridgehead atoms. The van der Waals surface area contributed by atoms with E-state index in [9.17, 15) is 17.6 Å². The van der Waals surface area contributed by atoms with Crippen LogP contribution in [0.3, 0.4) is 0 Å². The zero-order valence-corrected chi connectivity index (χ0v) is 22.4. The van der Waals surface area contributed by atoms with Crippen molar-refractivity contribution in [1.29, 1.82) is 0 Å². The molecule has 1 aliphatic carbocycles. The Morgan fingerprint density at radius 2 is 1.95 bits per heavy atom. The Bertz CT molecular complexity index is 1620. The standard InChI is InChI=1S/C28H29FN6O3S/c1-2-12-33-18-24(17-31-33)39(37,38)34-13-10-21-14-26-20(16-32-35(26)23-8-6-22(29)7-9-23)15-28(21,19-34)27(36)25-5-3-4-11-30-25/h3-9,11,16-18,21H,2,10,12-15,19H2,1H3. The summed E-state index contributed by atoms with van der Waals surface area (Å²) < 4.78 is 45.9. The van der Waals surface area contributed by atoms with Gasteiger partial charge >= 0.3 is 0 Å². The van der Waals surface area contributed by atoms with E-state index >= 15 is 0 Å². The topological polar surface area (TPSA) is 103 Å². The van der Waals surface area contributed by atoms with Crippen molar-refractivity contribution >= 4 is 15.8 Å². The van der Waals surface area contributed by atoms with E-state index in [0.717, 1.165) is 23.4 Å². The van der Waals surface area contributed by atoms with Crippen molar-refractivity contribution < 1.29 is 17.6 Å². The SMILES string of the molecule is CCCn1cc(S(=O)(=O)N2CCC3Cc4c(cnn4-c4ccc(F)cc4)CC3(C(=O)c3ccccn3)C2)cn1. The monoisotopic (exact) mass is 548 g/mol. The van der Waals surface area contributed by atoms with Gasteiger partial charge in [0.1, 0.15) is 16.4 Å². The molecule has 2 aliphatic rings. The summed E-state index contributed by atoms with van der Waals surface area (Å²) in [4.78, 5) is 18.7. The Hall–Kier alpha value is -3.70. The van der Waals surface area contributed by atoms with E-state index in [-0.39, 0.29) is 29.0 Å². The van der Waals surface area contributed by atoms with Gasteiger partial charge in [0.25, 0.3) is 0 Å². The molecule has 2 unspecified atom stereocenters. The van der Waals surface area contributed by atoms with Crippen LogP contribution >= 0.6 is 0 Å². The molecule has 0 amide bonds. The Kier molecular flexibility index (Phi) is 6.43. The number of aryl methyl sites for hydroxylation is 1. The van der Waals surface area contributed by atoms with Crippen LogP contribution in [0.15, 0.2) is 72.1 Å². The quantitative estimate of drug-likeness (QED) is 0.327. The summed E-state index contributed by atoms with van der Waals surface area (Å²) in [6.07, 6.45) is 8.50. The number of hydrogen-bond acceptors (Lipinski definition) is 6. The fourth-order valence-corrected chi connectivity index (χ4v) is 7.50. The Morgan fingerprint density at radius 3 is 2.69 bits per heavy atom. The molecule has 2 atom stereocenters. The zero-order valence-electron chi connectivity index (χ0n) is 21.6. The summed E-state index contributed by atoms with van der Waals surface area (Å²) in [6, 6.07) is 11.4. The predicted molar refractivity (Wildman–Crippen MR) is 141 cm³/mol. The molecule has 0 radical (unpaired) electrons. The molecule has 0 spiro atoms. The molecule has 4 aromatic rings. The van der Waals surface area contributed by atoms with Crippen molar-refractivity contribution in [3.8, 4) is 5.69 Å². The molecule has 9 nitrogen and oxygen atoms in total. The van der Waals surface area contributed by atoms with E-state index in [0.29, 0.717) is 38.0 Å². The summed E-state index contributed by atoms with van der Waals surface area (Å²) in [5.74, 6) is -0.604. The van der Waals surface area contributed by atoms with Crippen molar-refractivity contribution in [3.05, 3.63) is 90.0 Å². The van der Waals surface area contributed by atoms with Gasteiger partial charge in [-0.1, -0.05) is 13.0 Å². The third-order valence-corrected chi connectivity index (χ3v) is 9.79. The van der Waals surface area contributed by atoms with Gasteiger partial charge in [-0.15, -0.1) is 0 Å². The molecule has 6 rings (SSSR count). The number of rotatable bonds is 7. The van der Waals surface area contributed by atoms with Gasteiger partial charge < -0.3 is 0 Å². The molecule has 1 saturated heterocycles. The highest BCUT2D eigenvalue weighted by Gasteiger charge is 2.54. The van der Waals surface area contributed by atoms with Crippen molar-refractivity contribution in [2.24, 2.45) is 11.3 Å². The summed E-state index contributed by atoms with van der Waals surface area (Å²) in [6.45, 7) is 2.97. The number of carbonyl (C=O) groups excluding carboxylic acids is 1. The summed E-state index contributed by atoms with van der Waals surface area (Å²) in [5, 5.41) is 8.79. The lowest BCUT2D eigenvalue weighted by Crippen LogP contribution is -2.57. The van der Waals surface area contributed by atoms with Crippen LogP contribution in [0.4, 0.5) is 4.39 Å². The number of nitrogens with zero attached hydrogens (tertiary/aromatic N) is 6. The maximum atomic E-state index is 14.2. The number of pyridine rings is 1. The van der Waals surface area contributed by atoms with E-state index < -0.39 is 15.4 Å². The molecule has 202 valence electrons. The summed E-state index contributed by atoms with van der Waals surface area (Å²) in [7, 11) is -3.86. The minimum atomic E-state index is -3.86. The van der Waals surface area contributed by atoms with Crippen LogP contribution in [-0.2, 0) is 29.4 Å². The van der Waals surface area contributed by atoms with Crippen LogP contribution in [0.1, 0.15) is 41.5 Å². The van der Waals surface area contributed by atoms with E-state index in [1.807, 2.05) is 6.92 Å². The number of benzene rings is 1. The number of fused-ring (bicyclic) bond motifs is 2. The number of ketones is 1. The lowest BCUT2D eigenvalue weighted by molar-refractivity contribution is 0.0394. The zero-order chi connectivity index (χ0) is 27.2. The Balaban J connectivity index is 1.40. The number of Topliss-reactive ketones (excluding diaryl/α,β-unsaturated/α-hetero) is 1. The van der Waals surface area contributed by atoms with Crippen LogP contribution in [0.25, 0.3) is 5.69 Å². The number of carbonyl (C=O) groups is 1. The number of piperidine rings is 1. The Morgan fingerprint density at radius 1 is 1.13 bits per heavy atom. The first kappa shape index (κ1) is 25.6. The second-order valence-electron chi connectivity index (χ2n) is 10.3. The van der Waals surface area contributed by atoms with Crippen molar-refractivity contribution in [2.45, 2.75) is 44.0 Å². The highest BCUT2D eigenvalue weighted by Crippen LogP contribution is 2.48. The molecule has 1 fully saturated rings. The first-order valence-corrected chi connectivity index (χ1v) is 14.6. The average molecular weight is 549 g/mol. The minimum Gasteiger partial charge on any atom is -0.292 e. The molecular formula is C28H29FN6O3S. The van der Waals surface area contributed by atoms with Gasteiger partial charge in [0.05, 0.1) is 23.5 Å². The largest absolute Gasteiger partial charge is 0.292 e. The van der Waals surface area contributed by atoms with E-state index in [1.165, 1.54) is 22.6 Å². The van der Waals surface area contributed by atoms with E-state index in [4.69, 9.17) is 0 Å². The fourth-order valence-electron chi connectivity index (χ4n) is 6.02. The molecule has 1 aromatic carbocycles. The highest BCUT2D eigenvalue weighted by molar-refractivity contribution is 7.89. The maximum absolute atomic E-state index is 14.2. The maximum Gasteiger partial charge on any atom is 0.246 e. The van der Waals surface area contributed by atoms with E-state index in [1.54, 1.807) is 58.3 Å². The van der Waals surface area contributed by atoms with Gasteiger partial charge in [-0.2, -0.15) is 14.5 Å². The van der Waals surface area contributed by atoms with Gasteiger partial charge in [0.2, 0.25) is 10.0 Å². The van der Waals surface area contributed by atoms with Gasteiger partial charge in [0, 0.05) is 37.7 Å². The van der Waals surface area contributed by atoms with Crippen molar-refractivity contribution in [1.82, 2.24) is 28.9 Å². The lowest BCUT2D eigenvalue weighted by Gasteiger charge is -2.49. The molecule has 39 heavy (non-hydrogen) atoms. The van der Waals surface area contributed by atoms with E-state index in [2.05, 4.69) is 15.2 Å². The second-order valence-corrected chi connectivity index (χ2v) is 12.3. The number of halogens is 1. The van der Waals surface area contributed by atoms with Gasteiger partial charge in [0.15, 0.2) is 5.78 Å². The minimum absolute atomic E-state index is 0.0511. The number of sulfonamides is 1. The predicted octanol–water partition coefficient (Wildman–Crippen LogP) is 3.69. The van der Waals surface area contributed by atoms with Crippen LogP contribution in [0.5, 0.6) is 0 Å². The normalized spacial score (nSPS) is 21.3. The fraction of sp³-hybridized carbons (Fsp3) is 0.357. The van der Waals surface area contributed by atoms with Crippen LogP contribution in [0.2, 0.25) is 0 Å². The summed E-state index contributed by atoms with van der Waals surface area (Å²) >= 11 is 0. The molecular weight excluding hydrogens is 519 g/mol. The molecule has 0 N–H and O–H groups in total. The molecule has 4 heterocycles. The second kappa shape index (κ2) is 9.80. The third kappa shape index (κ3) is 4.39. The lowest BCUT2D eigenvalue weighted by atomic mass is 9.60.